The zero-order valence-corrected chi connectivity index (χ0v) is 20.7. The molecule has 0 spiro atoms. The molecule has 0 radical (unpaired) electrons. The minimum atomic E-state index is -4.65. The molecule has 0 unspecified atom stereocenters. The van der Waals surface area contributed by atoms with E-state index in [4.69, 9.17) is 21.1 Å². The van der Waals surface area contributed by atoms with Crippen LogP contribution < -0.4 is 14.8 Å². The molecule has 3 aromatic carbocycles. The average Bonchev–Trinajstić information content (AvgIpc) is 2.84. The van der Waals surface area contributed by atoms with Crippen LogP contribution in [0.2, 0.25) is 5.02 Å². The van der Waals surface area contributed by atoms with E-state index in [2.05, 4.69) is 5.32 Å². The van der Waals surface area contributed by atoms with Crippen molar-refractivity contribution in [2.75, 3.05) is 26.1 Å². The van der Waals surface area contributed by atoms with Gasteiger partial charge in [-0.15, -0.1) is 0 Å². The highest BCUT2D eigenvalue weighted by Gasteiger charge is 2.32. The number of hydrogen-bond donors (Lipinski definition) is 1. The number of hydrogen-bond acceptors (Lipinski definition) is 5. The van der Waals surface area contributed by atoms with Gasteiger partial charge in [-0.25, -0.2) is 8.42 Å². The van der Waals surface area contributed by atoms with Gasteiger partial charge in [0.25, 0.3) is 0 Å². The Labute approximate surface area is 211 Å². The number of anilines is 1. The average molecular weight is 543 g/mol. The predicted octanol–water partition coefficient (Wildman–Crippen LogP) is 5.21. The summed E-state index contributed by atoms with van der Waals surface area (Å²) in [5, 5.41) is 2.15. The highest BCUT2D eigenvalue weighted by molar-refractivity contribution is 7.89. The third-order valence-corrected chi connectivity index (χ3v) is 7.20. The third kappa shape index (κ3) is 6.48. The van der Waals surface area contributed by atoms with E-state index in [9.17, 15) is 26.4 Å². The summed E-state index contributed by atoms with van der Waals surface area (Å²) in [6.45, 7) is -0.876. The van der Waals surface area contributed by atoms with E-state index in [1.165, 1.54) is 32.4 Å². The van der Waals surface area contributed by atoms with Crippen LogP contribution in [0.3, 0.4) is 0 Å². The van der Waals surface area contributed by atoms with Crippen LogP contribution in [0.5, 0.6) is 11.5 Å². The molecule has 0 saturated heterocycles. The molecule has 0 aliphatic heterocycles. The van der Waals surface area contributed by atoms with Crippen LogP contribution in [-0.2, 0) is 27.5 Å². The Morgan fingerprint density at radius 3 is 2.25 bits per heavy atom. The van der Waals surface area contributed by atoms with Crippen LogP contribution in [0, 0.1) is 0 Å². The molecule has 0 heterocycles. The van der Waals surface area contributed by atoms with Crippen LogP contribution in [-0.4, -0.2) is 39.4 Å². The van der Waals surface area contributed by atoms with E-state index in [-0.39, 0.29) is 27.9 Å². The van der Waals surface area contributed by atoms with Gasteiger partial charge in [-0.3, -0.25) is 4.79 Å². The standard InChI is InChI=1S/C24H22ClF3N2O5S/c1-34-21-11-9-18(13-22(21)35-2)36(32,33)30(14-16-6-4-3-5-7-16)15-23(31)29-20-12-17(24(26,27)28)8-10-19(20)25/h3-13H,14-15H2,1-2H3,(H,29,31). The number of amides is 1. The highest BCUT2D eigenvalue weighted by atomic mass is 35.5. The van der Waals surface area contributed by atoms with Gasteiger partial charge in [0.2, 0.25) is 15.9 Å². The molecule has 36 heavy (non-hydrogen) atoms. The number of nitrogens with zero attached hydrogens (tertiary/aromatic N) is 1. The molecule has 12 heteroatoms. The molecule has 0 fully saturated rings. The SMILES string of the molecule is COc1ccc(S(=O)(=O)N(CC(=O)Nc2cc(C(F)(F)F)ccc2Cl)Cc2ccccc2)cc1OC. The molecule has 0 atom stereocenters. The second-order valence-electron chi connectivity index (χ2n) is 7.52. The Kier molecular flexibility index (Phi) is 8.49. The zero-order chi connectivity index (χ0) is 26.5. The van der Waals surface area contributed by atoms with Crippen molar-refractivity contribution in [3.63, 3.8) is 0 Å². The lowest BCUT2D eigenvalue weighted by Gasteiger charge is -2.23. The van der Waals surface area contributed by atoms with Gasteiger partial charge in [0.15, 0.2) is 11.5 Å². The van der Waals surface area contributed by atoms with Crippen molar-refractivity contribution in [1.82, 2.24) is 4.31 Å². The molecule has 0 bridgehead atoms. The molecule has 3 rings (SSSR count). The van der Waals surface area contributed by atoms with Crippen LogP contribution in [0.25, 0.3) is 0 Å². The number of nitrogens with one attached hydrogen (secondary N) is 1. The molecule has 7 nitrogen and oxygen atoms in total. The molecule has 1 N–H and O–H groups in total. The quantitative estimate of drug-likeness (QED) is 0.401. The fourth-order valence-electron chi connectivity index (χ4n) is 3.29. The molecule has 0 saturated carbocycles. The van der Waals surface area contributed by atoms with Crippen molar-refractivity contribution in [2.24, 2.45) is 0 Å². The minimum absolute atomic E-state index is 0.131. The Morgan fingerprint density at radius 1 is 0.972 bits per heavy atom. The Morgan fingerprint density at radius 2 is 1.64 bits per heavy atom. The van der Waals surface area contributed by atoms with Gasteiger partial charge in [-0.1, -0.05) is 41.9 Å². The lowest BCUT2D eigenvalue weighted by Crippen LogP contribution is -2.37. The van der Waals surface area contributed by atoms with Gasteiger partial charge in [0.05, 0.1) is 41.9 Å². The summed E-state index contributed by atoms with van der Waals surface area (Å²) in [7, 11) is -1.51. The number of carbonyl (C=O) groups excluding carboxylic acids is 1. The van der Waals surface area contributed by atoms with Crippen molar-refractivity contribution in [2.45, 2.75) is 17.6 Å². The first-order valence-electron chi connectivity index (χ1n) is 10.4. The lowest BCUT2D eigenvalue weighted by molar-refractivity contribution is -0.137. The summed E-state index contributed by atoms with van der Waals surface area (Å²) in [4.78, 5) is 12.7. The van der Waals surface area contributed by atoms with Gasteiger partial charge < -0.3 is 14.8 Å². The Balaban J connectivity index is 1.94. The van der Waals surface area contributed by atoms with E-state index < -0.39 is 34.2 Å². The largest absolute Gasteiger partial charge is 0.493 e. The summed E-state index contributed by atoms with van der Waals surface area (Å²) in [5.41, 5.74) is -0.715. The summed E-state index contributed by atoms with van der Waals surface area (Å²) in [6, 6.07) is 15.0. The van der Waals surface area contributed by atoms with Crippen molar-refractivity contribution < 1.29 is 35.9 Å². The predicted molar refractivity (Wildman–Crippen MR) is 129 cm³/mol. The van der Waals surface area contributed by atoms with E-state index in [1.54, 1.807) is 30.3 Å². The van der Waals surface area contributed by atoms with Crippen molar-refractivity contribution in [3.8, 4) is 11.5 Å². The van der Waals surface area contributed by atoms with Gasteiger partial charge in [-0.05, 0) is 35.9 Å². The van der Waals surface area contributed by atoms with Crippen molar-refractivity contribution in [3.05, 3.63) is 82.9 Å². The van der Waals surface area contributed by atoms with Crippen LogP contribution in [0.4, 0.5) is 18.9 Å². The van der Waals surface area contributed by atoms with Gasteiger partial charge in [0.1, 0.15) is 0 Å². The van der Waals surface area contributed by atoms with E-state index in [1.807, 2.05) is 0 Å². The first kappa shape index (κ1) is 27.3. The van der Waals surface area contributed by atoms with E-state index in [0.29, 0.717) is 17.4 Å². The first-order chi connectivity index (χ1) is 17.0. The fourth-order valence-corrected chi connectivity index (χ4v) is 4.85. The van der Waals surface area contributed by atoms with E-state index >= 15 is 0 Å². The lowest BCUT2D eigenvalue weighted by atomic mass is 10.2. The summed E-state index contributed by atoms with van der Waals surface area (Å²) < 4.78 is 77.5. The summed E-state index contributed by atoms with van der Waals surface area (Å²) in [5.74, 6) is -0.405. The van der Waals surface area contributed by atoms with Crippen LogP contribution in [0.15, 0.2) is 71.6 Å². The van der Waals surface area contributed by atoms with Crippen LogP contribution >= 0.6 is 11.6 Å². The number of sulfonamides is 1. The smallest absolute Gasteiger partial charge is 0.416 e. The van der Waals surface area contributed by atoms with Crippen LogP contribution in [0.1, 0.15) is 11.1 Å². The first-order valence-corrected chi connectivity index (χ1v) is 12.2. The second-order valence-corrected chi connectivity index (χ2v) is 9.86. The molecule has 3 aromatic rings. The molecular formula is C24H22ClF3N2O5S. The van der Waals surface area contributed by atoms with Gasteiger partial charge >= 0.3 is 6.18 Å². The Hall–Kier alpha value is -3.28. The number of alkyl halides is 3. The topological polar surface area (TPSA) is 84.9 Å². The molecule has 0 aromatic heterocycles. The number of halogens is 4. The summed E-state index contributed by atoms with van der Waals surface area (Å²) >= 11 is 5.96. The number of rotatable bonds is 9. The highest BCUT2D eigenvalue weighted by Crippen LogP contribution is 2.34. The molecule has 0 aliphatic carbocycles. The van der Waals surface area contributed by atoms with E-state index in [0.717, 1.165) is 16.4 Å². The second kappa shape index (κ2) is 11.2. The zero-order valence-electron chi connectivity index (χ0n) is 19.2. The molecule has 192 valence electrons. The molecular weight excluding hydrogens is 521 g/mol. The summed E-state index contributed by atoms with van der Waals surface area (Å²) in [6.07, 6.45) is -4.65. The maximum absolute atomic E-state index is 13.5. The van der Waals surface area contributed by atoms with Gasteiger partial charge in [-0.2, -0.15) is 17.5 Å². The van der Waals surface area contributed by atoms with Crippen molar-refractivity contribution in [1.29, 1.82) is 0 Å². The molecule has 1 amide bonds. The number of methoxy groups -OCH3 is 2. The van der Waals surface area contributed by atoms with Crippen molar-refractivity contribution >= 4 is 33.2 Å². The fraction of sp³-hybridized carbons (Fsp3) is 0.208. The number of benzene rings is 3. The number of carbonyl (C=O) groups is 1. The monoisotopic (exact) mass is 542 g/mol. The normalized spacial score (nSPS) is 11.9. The molecule has 0 aliphatic rings. The maximum Gasteiger partial charge on any atom is 0.416 e. The Bertz CT molecular complexity index is 1340. The minimum Gasteiger partial charge on any atom is -0.493 e. The third-order valence-electron chi connectivity index (χ3n) is 5.08. The maximum atomic E-state index is 13.5. The number of ether oxygens (including phenoxy) is 2. The van der Waals surface area contributed by atoms with Gasteiger partial charge in [0, 0.05) is 12.6 Å².